The van der Waals surface area contributed by atoms with Gasteiger partial charge in [0.15, 0.2) is 0 Å². The van der Waals surface area contributed by atoms with Gasteiger partial charge in [-0.05, 0) is 6.92 Å². The van der Waals surface area contributed by atoms with Gasteiger partial charge in [0.1, 0.15) is 0 Å². The summed E-state index contributed by atoms with van der Waals surface area (Å²) in [6, 6.07) is 27.8. The summed E-state index contributed by atoms with van der Waals surface area (Å²) in [6.45, 7) is 2.05. The normalized spacial score (nSPS) is 19.3. The maximum atomic E-state index is 6.30. The molecule has 1 atom stereocenters. The summed E-state index contributed by atoms with van der Waals surface area (Å²) >= 11 is 0. The van der Waals surface area contributed by atoms with E-state index in [1.165, 1.54) is 5.56 Å². The van der Waals surface area contributed by atoms with Gasteiger partial charge in [-0.15, -0.1) is 0 Å². The lowest BCUT2D eigenvalue weighted by molar-refractivity contribution is -0.325. The van der Waals surface area contributed by atoms with Gasteiger partial charge in [0.2, 0.25) is 6.29 Å². The molecular formula is C21H18O3. The van der Waals surface area contributed by atoms with Gasteiger partial charge in [-0.25, -0.2) is 0 Å². The first-order chi connectivity index (χ1) is 11.8. The molecule has 4 rings (SSSR count). The van der Waals surface area contributed by atoms with Crippen LogP contribution in [0.25, 0.3) is 0 Å². The van der Waals surface area contributed by atoms with Crippen LogP contribution in [0.1, 0.15) is 28.5 Å². The van der Waals surface area contributed by atoms with Crippen molar-refractivity contribution in [1.82, 2.24) is 0 Å². The van der Waals surface area contributed by atoms with Crippen LogP contribution < -0.4 is 0 Å². The van der Waals surface area contributed by atoms with Crippen molar-refractivity contribution in [2.24, 2.45) is 0 Å². The molecule has 1 unspecified atom stereocenters. The van der Waals surface area contributed by atoms with Crippen molar-refractivity contribution in [2.75, 3.05) is 0 Å². The van der Waals surface area contributed by atoms with Crippen molar-refractivity contribution in [1.29, 1.82) is 0 Å². The summed E-state index contributed by atoms with van der Waals surface area (Å²) in [7, 11) is 0. The van der Waals surface area contributed by atoms with E-state index in [4.69, 9.17) is 14.5 Å². The maximum Gasteiger partial charge on any atom is 0.256 e. The first-order valence-corrected chi connectivity index (χ1v) is 7.98. The lowest BCUT2D eigenvalue weighted by Crippen LogP contribution is -2.28. The zero-order valence-electron chi connectivity index (χ0n) is 13.4. The molecule has 1 aliphatic heterocycles. The molecule has 3 heteroatoms. The molecule has 1 aliphatic rings. The Kier molecular flexibility index (Phi) is 3.90. The highest BCUT2D eigenvalue weighted by atomic mass is 17.3. The molecule has 1 fully saturated rings. The molecule has 0 N–H and O–H groups in total. The molecule has 24 heavy (non-hydrogen) atoms. The smallest absolute Gasteiger partial charge is 0.256 e. The van der Waals surface area contributed by atoms with Crippen LogP contribution in [-0.4, -0.2) is 0 Å². The summed E-state index contributed by atoms with van der Waals surface area (Å²) < 4.78 is 6.30. The number of rotatable bonds is 3. The van der Waals surface area contributed by atoms with Gasteiger partial charge in [-0.3, -0.25) is 0 Å². The molecule has 0 amide bonds. The van der Waals surface area contributed by atoms with Crippen molar-refractivity contribution in [3.05, 3.63) is 107 Å². The van der Waals surface area contributed by atoms with E-state index in [0.29, 0.717) is 0 Å². The third-order valence-corrected chi connectivity index (χ3v) is 4.18. The molecule has 120 valence electrons. The molecule has 0 saturated carbocycles. The predicted octanol–water partition coefficient (Wildman–Crippen LogP) is 4.87. The average molecular weight is 318 g/mol. The molecule has 0 spiro atoms. The Morgan fingerprint density at radius 3 is 1.79 bits per heavy atom. The van der Waals surface area contributed by atoms with E-state index >= 15 is 0 Å². The molecule has 0 aromatic heterocycles. The summed E-state index contributed by atoms with van der Waals surface area (Å²) in [5.74, 6) is -1.07. The van der Waals surface area contributed by atoms with Crippen LogP contribution in [0.5, 0.6) is 0 Å². The molecule has 3 aromatic rings. The summed E-state index contributed by atoms with van der Waals surface area (Å²) in [4.78, 5) is 11.4. The first kappa shape index (κ1) is 15.1. The lowest BCUT2D eigenvalue weighted by atomic mass is 9.97. The quantitative estimate of drug-likeness (QED) is 0.645. The number of hydrogen-bond acceptors (Lipinski definition) is 3. The van der Waals surface area contributed by atoms with E-state index in [0.717, 1.165) is 16.7 Å². The molecule has 0 bridgehead atoms. The SMILES string of the molecule is Cc1ccc(C2OOC(c3ccccc3)(c3ccccc3)O2)cc1. The fraction of sp³-hybridized carbons (Fsp3) is 0.143. The number of benzene rings is 3. The van der Waals surface area contributed by atoms with Gasteiger partial charge in [0.05, 0.1) is 0 Å². The van der Waals surface area contributed by atoms with E-state index in [9.17, 15) is 0 Å². The van der Waals surface area contributed by atoms with Gasteiger partial charge in [-0.1, -0.05) is 90.5 Å². The molecule has 1 heterocycles. The van der Waals surface area contributed by atoms with Crippen LogP contribution in [0.15, 0.2) is 84.9 Å². The second-order valence-electron chi connectivity index (χ2n) is 5.89. The van der Waals surface area contributed by atoms with Crippen molar-refractivity contribution in [3.63, 3.8) is 0 Å². The third-order valence-electron chi connectivity index (χ3n) is 4.18. The number of ether oxygens (including phenoxy) is 1. The third kappa shape index (κ3) is 2.63. The van der Waals surface area contributed by atoms with Gasteiger partial charge in [0, 0.05) is 16.7 Å². The Morgan fingerprint density at radius 1 is 0.708 bits per heavy atom. The standard InChI is InChI=1S/C21H18O3/c1-16-12-14-17(15-13-16)20-22-21(24-23-20,18-8-4-2-5-9-18)19-10-6-3-7-11-19/h2-15,20H,1H3. The van der Waals surface area contributed by atoms with Gasteiger partial charge >= 0.3 is 0 Å². The molecule has 3 aromatic carbocycles. The Morgan fingerprint density at radius 2 is 1.25 bits per heavy atom. The Balaban J connectivity index is 1.75. The van der Waals surface area contributed by atoms with Crippen LogP contribution in [-0.2, 0) is 20.3 Å². The van der Waals surface area contributed by atoms with Crippen LogP contribution in [0.4, 0.5) is 0 Å². The molecular weight excluding hydrogens is 300 g/mol. The summed E-state index contributed by atoms with van der Waals surface area (Å²) in [6.07, 6.45) is -0.578. The van der Waals surface area contributed by atoms with E-state index in [2.05, 4.69) is 6.92 Å². The highest BCUT2D eigenvalue weighted by Gasteiger charge is 2.47. The highest BCUT2D eigenvalue weighted by Crippen LogP contribution is 2.45. The van der Waals surface area contributed by atoms with Crippen LogP contribution in [0.2, 0.25) is 0 Å². The molecule has 0 aliphatic carbocycles. The molecule has 1 saturated heterocycles. The van der Waals surface area contributed by atoms with E-state index in [-0.39, 0.29) is 0 Å². The number of hydrogen-bond donors (Lipinski definition) is 0. The second-order valence-corrected chi connectivity index (χ2v) is 5.89. The highest BCUT2D eigenvalue weighted by molar-refractivity contribution is 5.34. The van der Waals surface area contributed by atoms with Crippen molar-refractivity contribution in [2.45, 2.75) is 19.0 Å². The fourth-order valence-corrected chi connectivity index (χ4v) is 2.86. The first-order valence-electron chi connectivity index (χ1n) is 7.98. The predicted molar refractivity (Wildman–Crippen MR) is 90.8 cm³/mol. The van der Waals surface area contributed by atoms with E-state index < -0.39 is 12.1 Å². The van der Waals surface area contributed by atoms with Crippen LogP contribution in [0, 0.1) is 6.92 Å². The minimum absolute atomic E-state index is 0.578. The monoisotopic (exact) mass is 318 g/mol. The van der Waals surface area contributed by atoms with Crippen molar-refractivity contribution in [3.8, 4) is 0 Å². The zero-order chi connectivity index (χ0) is 16.4. The Labute approximate surface area is 141 Å². The topological polar surface area (TPSA) is 27.7 Å². The maximum absolute atomic E-state index is 6.30. The minimum atomic E-state index is -1.07. The fourth-order valence-electron chi connectivity index (χ4n) is 2.86. The Hall–Kier alpha value is -2.46. The summed E-state index contributed by atoms with van der Waals surface area (Å²) in [5, 5.41) is 0. The lowest BCUT2D eigenvalue weighted by Gasteiger charge is -2.26. The second kappa shape index (κ2) is 6.21. The van der Waals surface area contributed by atoms with Crippen molar-refractivity contribution < 1.29 is 14.5 Å². The zero-order valence-corrected chi connectivity index (χ0v) is 13.4. The van der Waals surface area contributed by atoms with Gasteiger partial charge in [0.25, 0.3) is 5.79 Å². The van der Waals surface area contributed by atoms with Crippen LogP contribution in [0.3, 0.4) is 0 Å². The minimum Gasteiger partial charge on any atom is -0.303 e. The average Bonchev–Trinajstić information content (AvgIpc) is 3.10. The molecule has 0 radical (unpaired) electrons. The summed E-state index contributed by atoms with van der Waals surface area (Å²) in [5.41, 5.74) is 3.90. The van der Waals surface area contributed by atoms with Crippen LogP contribution >= 0.6 is 0 Å². The Bertz CT molecular complexity index is 758. The van der Waals surface area contributed by atoms with E-state index in [1.807, 2.05) is 84.9 Å². The largest absolute Gasteiger partial charge is 0.303 e. The van der Waals surface area contributed by atoms with Gasteiger partial charge < -0.3 is 4.74 Å². The van der Waals surface area contributed by atoms with Gasteiger partial charge in [-0.2, -0.15) is 9.78 Å². The van der Waals surface area contributed by atoms with E-state index in [1.54, 1.807) is 0 Å². The molecule has 3 nitrogen and oxygen atoms in total. The number of aryl methyl sites for hydroxylation is 1. The van der Waals surface area contributed by atoms with Crippen molar-refractivity contribution >= 4 is 0 Å².